The summed E-state index contributed by atoms with van der Waals surface area (Å²) in [6.07, 6.45) is 18.8. The predicted molar refractivity (Wildman–Crippen MR) is 80.3 cm³/mol. The lowest BCUT2D eigenvalue weighted by Gasteiger charge is -2.36. The van der Waals surface area contributed by atoms with Gasteiger partial charge in [0.2, 0.25) is 0 Å². The number of allylic oxidation sites excluding steroid dienone is 8. The van der Waals surface area contributed by atoms with Crippen LogP contribution in [-0.4, -0.2) is 0 Å². The average Bonchev–Trinajstić information content (AvgIpc) is 2.41. The van der Waals surface area contributed by atoms with Crippen LogP contribution < -0.4 is 0 Å². The zero-order valence-corrected chi connectivity index (χ0v) is 12.2. The van der Waals surface area contributed by atoms with E-state index in [4.69, 9.17) is 0 Å². The molecule has 0 heteroatoms. The zero-order chi connectivity index (χ0) is 13.2. The van der Waals surface area contributed by atoms with E-state index in [1.54, 1.807) is 0 Å². The third-order valence-electron chi connectivity index (χ3n) is 5.03. The Bertz CT molecular complexity index is 408. The van der Waals surface area contributed by atoms with Gasteiger partial charge in [-0.1, -0.05) is 76.6 Å². The lowest BCUT2D eigenvalue weighted by Crippen LogP contribution is -2.26. The van der Waals surface area contributed by atoms with Crippen molar-refractivity contribution in [3.05, 3.63) is 48.1 Å². The van der Waals surface area contributed by atoms with Crippen LogP contribution in [0.3, 0.4) is 0 Å². The Kier molecular flexibility index (Phi) is 3.94. The van der Waals surface area contributed by atoms with Gasteiger partial charge in [0, 0.05) is 5.41 Å². The molecule has 0 spiro atoms. The predicted octanol–water partition coefficient (Wildman–Crippen LogP) is 5.30. The summed E-state index contributed by atoms with van der Waals surface area (Å²) in [5.41, 5.74) is 1.68. The molecule has 4 unspecified atom stereocenters. The van der Waals surface area contributed by atoms with E-state index in [1.165, 1.54) is 18.4 Å². The highest BCUT2D eigenvalue weighted by atomic mass is 14.4. The summed E-state index contributed by atoms with van der Waals surface area (Å²) in [6.45, 7) is 9.32. The Hall–Kier alpha value is -1.04. The highest BCUT2D eigenvalue weighted by Gasteiger charge is 2.32. The molecule has 0 N–H and O–H groups in total. The van der Waals surface area contributed by atoms with Crippen molar-refractivity contribution in [3.8, 4) is 0 Å². The SMILES string of the molecule is CCC(C)C1C=CC(C2(C)C=CC=CC2C)=CC1. The van der Waals surface area contributed by atoms with E-state index >= 15 is 0 Å². The van der Waals surface area contributed by atoms with E-state index < -0.39 is 0 Å². The maximum Gasteiger partial charge on any atom is 0.0163 e. The van der Waals surface area contributed by atoms with Gasteiger partial charge in [-0.2, -0.15) is 0 Å². The molecule has 98 valence electrons. The van der Waals surface area contributed by atoms with Crippen LogP contribution in [0, 0.1) is 23.2 Å². The van der Waals surface area contributed by atoms with E-state index in [2.05, 4.69) is 70.2 Å². The summed E-state index contributed by atoms with van der Waals surface area (Å²) in [6, 6.07) is 0. The summed E-state index contributed by atoms with van der Waals surface area (Å²) in [7, 11) is 0. The molecule has 4 atom stereocenters. The van der Waals surface area contributed by atoms with Crippen LogP contribution in [0.4, 0.5) is 0 Å². The lowest BCUT2D eigenvalue weighted by atomic mass is 9.68. The molecule has 0 bridgehead atoms. The van der Waals surface area contributed by atoms with Crippen LogP contribution in [0.25, 0.3) is 0 Å². The average molecular weight is 242 g/mol. The lowest BCUT2D eigenvalue weighted by molar-refractivity contribution is 0.381. The smallest absolute Gasteiger partial charge is 0.0163 e. The molecule has 2 aliphatic carbocycles. The molecule has 18 heavy (non-hydrogen) atoms. The topological polar surface area (TPSA) is 0 Å². The first-order valence-corrected chi connectivity index (χ1v) is 7.32. The number of rotatable bonds is 3. The highest BCUT2D eigenvalue weighted by molar-refractivity contribution is 5.38. The van der Waals surface area contributed by atoms with E-state index in [0.717, 1.165) is 11.8 Å². The quantitative estimate of drug-likeness (QED) is 0.629. The van der Waals surface area contributed by atoms with Crippen molar-refractivity contribution in [2.24, 2.45) is 23.2 Å². The first-order chi connectivity index (χ1) is 8.58. The fourth-order valence-corrected chi connectivity index (χ4v) is 2.96. The molecule has 0 amide bonds. The van der Waals surface area contributed by atoms with Crippen LogP contribution in [0.5, 0.6) is 0 Å². The summed E-state index contributed by atoms with van der Waals surface area (Å²) in [5.74, 6) is 2.12. The molecular formula is C18H26. The highest BCUT2D eigenvalue weighted by Crippen LogP contribution is 2.43. The van der Waals surface area contributed by atoms with Crippen molar-refractivity contribution in [1.82, 2.24) is 0 Å². The second kappa shape index (κ2) is 5.30. The standard InChI is InChI=1S/C18H26/c1-5-14(2)16-9-11-17(12-10-16)18(4)13-7-6-8-15(18)3/h6-9,11-16H,5,10H2,1-4H3. The van der Waals surface area contributed by atoms with Gasteiger partial charge in [-0.15, -0.1) is 0 Å². The van der Waals surface area contributed by atoms with E-state index in [1.807, 2.05) is 0 Å². The normalized spacial score (nSPS) is 36.6. The first kappa shape index (κ1) is 13.4. The fraction of sp³-hybridized carbons (Fsp3) is 0.556. The van der Waals surface area contributed by atoms with Crippen molar-refractivity contribution in [2.75, 3.05) is 0 Å². The molecule has 0 saturated carbocycles. The Morgan fingerprint density at radius 1 is 1.33 bits per heavy atom. The van der Waals surface area contributed by atoms with Gasteiger partial charge in [-0.25, -0.2) is 0 Å². The first-order valence-electron chi connectivity index (χ1n) is 7.32. The molecule has 2 aliphatic rings. The Morgan fingerprint density at radius 2 is 2.11 bits per heavy atom. The van der Waals surface area contributed by atoms with Crippen molar-refractivity contribution in [1.29, 1.82) is 0 Å². The molecule has 0 nitrogen and oxygen atoms in total. The van der Waals surface area contributed by atoms with Crippen molar-refractivity contribution in [2.45, 2.75) is 40.5 Å². The molecule has 0 heterocycles. The summed E-state index contributed by atoms with van der Waals surface area (Å²) >= 11 is 0. The minimum Gasteiger partial charge on any atom is -0.0805 e. The van der Waals surface area contributed by atoms with Gasteiger partial charge >= 0.3 is 0 Å². The van der Waals surface area contributed by atoms with Crippen LogP contribution in [0.2, 0.25) is 0 Å². The molecule has 0 fully saturated rings. The van der Waals surface area contributed by atoms with Crippen LogP contribution >= 0.6 is 0 Å². The molecule has 0 radical (unpaired) electrons. The van der Waals surface area contributed by atoms with Gasteiger partial charge in [0.1, 0.15) is 0 Å². The summed E-state index contributed by atoms with van der Waals surface area (Å²) in [5, 5.41) is 0. The van der Waals surface area contributed by atoms with E-state index in [0.29, 0.717) is 5.92 Å². The number of hydrogen-bond acceptors (Lipinski definition) is 0. The summed E-state index contributed by atoms with van der Waals surface area (Å²) in [4.78, 5) is 0. The van der Waals surface area contributed by atoms with Crippen molar-refractivity contribution in [3.63, 3.8) is 0 Å². The van der Waals surface area contributed by atoms with Gasteiger partial charge in [0.05, 0.1) is 0 Å². The van der Waals surface area contributed by atoms with E-state index in [-0.39, 0.29) is 5.41 Å². The van der Waals surface area contributed by atoms with Crippen LogP contribution in [-0.2, 0) is 0 Å². The maximum absolute atomic E-state index is 2.47. The number of hydrogen-bond donors (Lipinski definition) is 0. The molecule has 0 saturated heterocycles. The fourth-order valence-electron chi connectivity index (χ4n) is 2.96. The van der Waals surface area contributed by atoms with Crippen LogP contribution in [0.1, 0.15) is 40.5 Å². The van der Waals surface area contributed by atoms with Gasteiger partial charge in [0.25, 0.3) is 0 Å². The largest absolute Gasteiger partial charge is 0.0805 e. The third kappa shape index (κ3) is 2.39. The molecular weight excluding hydrogens is 216 g/mol. The van der Waals surface area contributed by atoms with Crippen LogP contribution in [0.15, 0.2) is 48.1 Å². The third-order valence-corrected chi connectivity index (χ3v) is 5.03. The van der Waals surface area contributed by atoms with Gasteiger partial charge in [-0.05, 0) is 29.7 Å². The Labute approximate surface area is 112 Å². The van der Waals surface area contributed by atoms with Gasteiger partial charge in [-0.3, -0.25) is 0 Å². The second-order valence-electron chi connectivity index (χ2n) is 6.12. The second-order valence-corrected chi connectivity index (χ2v) is 6.12. The molecule has 2 rings (SSSR count). The van der Waals surface area contributed by atoms with E-state index in [9.17, 15) is 0 Å². The summed E-state index contributed by atoms with van der Waals surface area (Å²) < 4.78 is 0. The van der Waals surface area contributed by atoms with Crippen molar-refractivity contribution >= 4 is 0 Å². The maximum atomic E-state index is 2.47. The molecule has 0 aromatic carbocycles. The minimum absolute atomic E-state index is 0.186. The van der Waals surface area contributed by atoms with Gasteiger partial charge < -0.3 is 0 Å². The molecule has 0 aromatic rings. The molecule has 0 aliphatic heterocycles. The van der Waals surface area contributed by atoms with Crippen molar-refractivity contribution < 1.29 is 0 Å². The van der Waals surface area contributed by atoms with Gasteiger partial charge in [0.15, 0.2) is 0 Å². The Morgan fingerprint density at radius 3 is 2.67 bits per heavy atom. The Balaban J connectivity index is 2.13. The molecule has 0 aromatic heterocycles. The monoisotopic (exact) mass is 242 g/mol. The zero-order valence-electron chi connectivity index (χ0n) is 12.2. The minimum atomic E-state index is 0.186.